The molecule has 0 fully saturated rings. The van der Waals surface area contributed by atoms with Gasteiger partial charge in [0.05, 0.1) is 10.6 Å². The summed E-state index contributed by atoms with van der Waals surface area (Å²) >= 11 is 0. The number of nitro benzene ring substituents is 1. The summed E-state index contributed by atoms with van der Waals surface area (Å²) < 4.78 is 1.59. The molecule has 1 aromatic heterocycles. The van der Waals surface area contributed by atoms with Crippen molar-refractivity contribution in [3.8, 4) is 0 Å². The molecule has 0 aliphatic heterocycles. The number of hydrogen-bond donors (Lipinski definition) is 0. The van der Waals surface area contributed by atoms with E-state index in [-0.39, 0.29) is 5.69 Å². The minimum absolute atomic E-state index is 0.0458. The van der Waals surface area contributed by atoms with E-state index in [9.17, 15) is 10.1 Å². The molecule has 0 spiro atoms. The van der Waals surface area contributed by atoms with Crippen LogP contribution >= 0.6 is 0 Å². The van der Waals surface area contributed by atoms with Crippen molar-refractivity contribution < 1.29 is 4.92 Å². The predicted molar refractivity (Wildman–Crippen MR) is 76.9 cm³/mol. The van der Waals surface area contributed by atoms with Gasteiger partial charge in [-0.3, -0.25) is 10.1 Å². The van der Waals surface area contributed by atoms with Crippen molar-refractivity contribution in [1.29, 1.82) is 0 Å². The van der Waals surface area contributed by atoms with E-state index in [0.29, 0.717) is 23.9 Å². The molecular formula is C12H14N7O2. The standard InChI is InChI=1S/C12H14N7O2/c1-4-17(2)10-6-5-9(7-11(10)19(20)21)14-16-12-15-13-8-18(12)3/h5-8H,1,4H2,2-3H3. The van der Waals surface area contributed by atoms with Gasteiger partial charge in [0.2, 0.25) is 0 Å². The number of nitrogens with zero attached hydrogens (tertiary/aromatic N) is 7. The lowest BCUT2D eigenvalue weighted by Crippen LogP contribution is -2.17. The number of aryl methyl sites for hydroxylation is 1. The van der Waals surface area contributed by atoms with Gasteiger partial charge in [-0.05, 0) is 19.1 Å². The summed E-state index contributed by atoms with van der Waals surface area (Å²) in [5.74, 6) is 0.316. The van der Waals surface area contributed by atoms with E-state index in [1.54, 1.807) is 35.7 Å². The third-order valence-electron chi connectivity index (χ3n) is 2.84. The van der Waals surface area contributed by atoms with E-state index in [4.69, 9.17) is 0 Å². The van der Waals surface area contributed by atoms with Crippen LogP contribution in [0.3, 0.4) is 0 Å². The van der Waals surface area contributed by atoms with Crippen LogP contribution in [-0.2, 0) is 7.05 Å². The van der Waals surface area contributed by atoms with Gasteiger partial charge in [-0.15, -0.1) is 20.4 Å². The summed E-state index contributed by atoms with van der Waals surface area (Å²) in [5, 5.41) is 26.4. The van der Waals surface area contributed by atoms with Crippen LogP contribution in [0.25, 0.3) is 0 Å². The number of benzene rings is 1. The fourth-order valence-corrected chi connectivity index (χ4v) is 1.63. The van der Waals surface area contributed by atoms with Crippen molar-refractivity contribution in [3.05, 3.63) is 41.6 Å². The Morgan fingerprint density at radius 2 is 2.24 bits per heavy atom. The Hall–Kier alpha value is -2.84. The molecule has 1 aromatic carbocycles. The van der Waals surface area contributed by atoms with Crippen molar-refractivity contribution in [3.63, 3.8) is 0 Å². The molecule has 2 rings (SSSR count). The Balaban J connectivity index is 2.34. The summed E-state index contributed by atoms with van der Waals surface area (Å²) in [6.07, 6.45) is 1.49. The fraction of sp³-hybridized carbons (Fsp3) is 0.250. The largest absolute Gasteiger partial charge is 0.369 e. The zero-order valence-corrected chi connectivity index (χ0v) is 11.7. The number of anilines is 1. The van der Waals surface area contributed by atoms with Gasteiger partial charge in [0, 0.05) is 26.7 Å². The monoisotopic (exact) mass is 288 g/mol. The fourth-order valence-electron chi connectivity index (χ4n) is 1.63. The minimum atomic E-state index is -0.456. The van der Waals surface area contributed by atoms with Gasteiger partial charge < -0.3 is 9.47 Å². The molecule has 0 aliphatic carbocycles. The van der Waals surface area contributed by atoms with Gasteiger partial charge in [0.25, 0.3) is 11.6 Å². The SMILES string of the molecule is [CH2]CN(C)c1ccc(N=Nc2nncn2C)cc1[N+](=O)[O-]. The Bertz CT molecular complexity index is 680. The van der Waals surface area contributed by atoms with E-state index in [0.717, 1.165) is 0 Å². The van der Waals surface area contributed by atoms with Crippen LogP contribution in [-0.4, -0.2) is 33.3 Å². The first kappa shape index (κ1) is 14.6. The molecule has 109 valence electrons. The summed E-state index contributed by atoms with van der Waals surface area (Å²) in [7, 11) is 3.46. The lowest BCUT2D eigenvalue weighted by atomic mass is 10.2. The first-order valence-electron chi connectivity index (χ1n) is 6.07. The molecule has 0 atom stereocenters. The molecule has 9 nitrogen and oxygen atoms in total. The number of aromatic nitrogens is 3. The molecule has 2 aromatic rings. The van der Waals surface area contributed by atoms with Gasteiger partial charge in [0.15, 0.2) is 0 Å². The van der Waals surface area contributed by atoms with Crippen LogP contribution in [0.4, 0.5) is 23.0 Å². The average Bonchev–Trinajstić information content (AvgIpc) is 2.89. The highest BCUT2D eigenvalue weighted by Gasteiger charge is 2.17. The van der Waals surface area contributed by atoms with Crippen molar-refractivity contribution in [1.82, 2.24) is 14.8 Å². The molecule has 0 saturated carbocycles. The van der Waals surface area contributed by atoms with E-state index in [1.807, 2.05) is 0 Å². The summed E-state index contributed by atoms with van der Waals surface area (Å²) in [6, 6.07) is 4.63. The first-order chi connectivity index (χ1) is 10.0. The first-order valence-corrected chi connectivity index (χ1v) is 6.07. The quantitative estimate of drug-likeness (QED) is 0.477. The molecule has 21 heavy (non-hydrogen) atoms. The highest BCUT2D eigenvalue weighted by molar-refractivity contribution is 5.67. The lowest BCUT2D eigenvalue weighted by molar-refractivity contribution is -0.384. The second-order valence-electron chi connectivity index (χ2n) is 4.29. The van der Waals surface area contributed by atoms with Crippen LogP contribution in [0.15, 0.2) is 34.8 Å². The minimum Gasteiger partial charge on any atom is -0.369 e. The van der Waals surface area contributed by atoms with Crippen molar-refractivity contribution >= 4 is 23.0 Å². The molecule has 0 N–H and O–H groups in total. The van der Waals surface area contributed by atoms with E-state index in [2.05, 4.69) is 27.3 Å². The molecule has 0 aliphatic rings. The number of rotatable bonds is 5. The molecule has 9 heteroatoms. The van der Waals surface area contributed by atoms with Gasteiger partial charge in [-0.2, -0.15) is 0 Å². The van der Waals surface area contributed by atoms with Crippen LogP contribution < -0.4 is 4.90 Å². The normalized spacial score (nSPS) is 11.0. The van der Waals surface area contributed by atoms with Gasteiger partial charge in [-0.25, -0.2) is 0 Å². The maximum Gasteiger partial charge on any atom is 0.294 e. The molecule has 0 unspecified atom stereocenters. The van der Waals surface area contributed by atoms with E-state index in [1.165, 1.54) is 12.4 Å². The number of hydrogen-bond acceptors (Lipinski definition) is 7. The van der Waals surface area contributed by atoms with Crippen molar-refractivity contribution in [2.24, 2.45) is 17.3 Å². The number of nitro groups is 1. The second-order valence-corrected chi connectivity index (χ2v) is 4.29. The summed E-state index contributed by atoms with van der Waals surface area (Å²) in [5.41, 5.74) is 0.800. The van der Waals surface area contributed by atoms with Crippen molar-refractivity contribution in [2.75, 3.05) is 18.5 Å². The topological polar surface area (TPSA) is 102 Å². The smallest absolute Gasteiger partial charge is 0.294 e. The molecule has 0 bridgehead atoms. The second kappa shape index (κ2) is 6.07. The predicted octanol–water partition coefficient (Wildman–Crippen LogP) is 2.41. The zero-order chi connectivity index (χ0) is 15.4. The van der Waals surface area contributed by atoms with E-state index >= 15 is 0 Å². The molecule has 0 amide bonds. The molecule has 1 heterocycles. The van der Waals surface area contributed by atoms with Gasteiger partial charge in [-0.1, -0.05) is 0 Å². The van der Waals surface area contributed by atoms with Crippen LogP contribution in [0.2, 0.25) is 0 Å². The highest BCUT2D eigenvalue weighted by Crippen LogP contribution is 2.31. The van der Waals surface area contributed by atoms with Crippen LogP contribution in [0, 0.1) is 17.0 Å². The van der Waals surface area contributed by atoms with E-state index < -0.39 is 4.92 Å². The highest BCUT2D eigenvalue weighted by atomic mass is 16.6. The Labute approximate surface area is 121 Å². The molecule has 0 saturated heterocycles. The lowest BCUT2D eigenvalue weighted by Gasteiger charge is -2.16. The van der Waals surface area contributed by atoms with Gasteiger partial charge in [0.1, 0.15) is 12.0 Å². The summed E-state index contributed by atoms with van der Waals surface area (Å²) in [6.45, 7) is 4.13. The zero-order valence-electron chi connectivity index (χ0n) is 11.7. The molecular weight excluding hydrogens is 274 g/mol. The average molecular weight is 288 g/mol. The van der Waals surface area contributed by atoms with Crippen molar-refractivity contribution in [2.45, 2.75) is 0 Å². The number of azo groups is 1. The molecule has 1 radical (unpaired) electrons. The van der Waals surface area contributed by atoms with Crippen LogP contribution in [0.5, 0.6) is 0 Å². The Kier molecular flexibility index (Phi) is 4.21. The van der Waals surface area contributed by atoms with Gasteiger partial charge >= 0.3 is 0 Å². The Morgan fingerprint density at radius 3 is 2.81 bits per heavy atom. The maximum atomic E-state index is 11.1. The van der Waals surface area contributed by atoms with Crippen LogP contribution in [0.1, 0.15) is 0 Å². The maximum absolute atomic E-state index is 11.1. The third-order valence-corrected chi connectivity index (χ3v) is 2.84. The Morgan fingerprint density at radius 1 is 1.48 bits per heavy atom. The third kappa shape index (κ3) is 3.19. The summed E-state index contributed by atoms with van der Waals surface area (Å²) in [4.78, 5) is 12.4.